The lowest BCUT2D eigenvalue weighted by atomic mass is 10.2. The first-order valence-corrected chi connectivity index (χ1v) is 6.60. The van der Waals surface area contributed by atoms with Crippen LogP contribution in [0.4, 0.5) is 0 Å². The molecule has 0 fully saturated rings. The average molecular weight is 272 g/mol. The summed E-state index contributed by atoms with van der Waals surface area (Å²) < 4.78 is 11.0. The van der Waals surface area contributed by atoms with Crippen LogP contribution in [0.1, 0.15) is 17.0 Å². The molecule has 0 radical (unpaired) electrons. The largest absolute Gasteiger partial charge is 0.497 e. The van der Waals surface area contributed by atoms with Gasteiger partial charge in [-0.1, -0.05) is 12.1 Å². The number of hydrogen-bond acceptors (Lipinski definition) is 4. The molecule has 20 heavy (non-hydrogen) atoms. The second-order valence-corrected chi connectivity index (χ2v) is 4.56. The van der Waals surface area contributed by atoms with Gasteiger partial charge in [0.25, 0.3) is 0 Å². The Morgan fingerprint density at radius 3 is 2.50 bits per heavy atom. The maximum absolute atomic E-state index is 5.86. The molecule has 4 heteroatoms. The van der Waals surface area contributed by atoms with Crippen LogP contribution in [0, 0.1) is 6.92 Å². The van der Waals surface area contributed by atoms with Crippen molar-refractivity contribution in [1.29, 1.82) is 0 Å². The Morgan fingerprint density at radius 2 is 1.85 bits per heavy atom. The van der Waals surface area contributed by atoms with Gasteiger partial charge in [-0.25, -0.2) is 0 Å². The SMILES string of the molecule is CNCc1nc(C)ccc1OCc1ccc(OC)cc1. The number of nitrogens with zero attached hydrogens (tertiary/aromatic N) is 1. The van der Waals surface area contributed by atoms with Crippen molar-refractivity contribution in [1.82, 2.24) is 10.3 Å². The summed E-state index contributed by atoms with van der Waals surface area (Å²) >= 11 is 0. The number of aromatic nitrogens is 1. The predicted molar refractivity (Wildman–Crippen MR) is 79.1 cm³/mol. The van der Waals surface area contributed by atoms with Crippen LogP contribution in [0.15, 0.2) is 36.4 Å². The van der Waals surface area contributed by atoms with E-state index < -0.39 is 0 Å². The van der Waals surface area contributed by atoms with Gasteiger partial charge in [-0.15, -0.1) is 0 Å². The monoisotopic (exact) mass is 272 g/mol. The van der Waals surface area contributed by atoms with Gasteiger partial charge in [-0.2, -0.15) is 0 Å². The van der Waals surface area contributed by atoms with Gasteiger partial charge in [0.2, 0.25) is 0 Å². The van der Waals surface area contributed by atoms with Gasteiger partial charge < -0.3 is 14.8 Å². The molecule has 0 aliphatic heterocycles. The van der Waals surface area contributed by atoms with Crippen LogP contribution in [0.25, 0.3) is 0 Å². The highest BCUT2D eigenvalue weighted by atomic mass is 16.5. The van der Waals surface area contributed by atoms with Crippen molar-refractivity contribution in [2.75, 3.05) is 14.2 Å². The quantitative estimate of drug-likeness (QED) is 0.878. The highest BCUT2D eigenvalue weighted by Crippen LogP contribution is 2.19. The fourth-order valence-electron chi connectivity index (χ4n) is 1.91. The average Bonchev–Trinajstić information content (AvgIpc) is 2.47. The molecular weight excluding hydrogens is 252 g/mol. The van der Waals surface area contributed by atoms with E-state index in [9.17, 15) is 0 Å². The molecule has 2 rings (SSSR count). The van der Waals surface area contributed by atoms with E-state index >= 15 is 0 Å². The normalized spacial score (nSPS) is 10.3. The number of benzene rings is 1. The molecule has 0 unspecified atom stereocenters. The molecule has 0 aliphatic rings. The number of methoxy groups -OCH3 is 1. The molecule has 0 aliphatic carbocycles. The van der Waals surface area contributed by atoms with Crippen LogP contribution in [-0.2, 0) is 13.2 Å². The summed E-state index contributed by atoms with van der Waals surface area (Å²) in [7, 11) is 3.56. The molecule has 0 spiro atoms. The Balaban J connectivity index is 2.05. The predicted octanol–water partition coefficient (Wildman–Crippen LogP) is 2.70. The maximum Gasteiger partial charge on any atom is 0.142 e. The third kappa shape index (κ3) is 3.71. The van der Waals surface area contributed by atoms with Crippen molar-refractivity contribution in [3.05, 3.63) is 53.3 Å². The van der Waals surface area contributed by atoms with E-state index in [2.05, 4.69) is 10.3 Å². The van der Waals surface area contributed by atoms with Crippen LogP contribution in [0.5, 0.6) is 11.5 Å². The molecule has 1 N–H and O–H groups in total. The zero-order chi connectivity index (χ0) is 14.4. The van der Waals surface area contributed by atoms with Gasteiger partial charge in [-0.3, -0.25) is 4.98 Å². The van der Waals surface area contributed by atoms with Crippen LogP contribution in [-0.4, -0.2) is 19.1 Å². The van der Waals surface area contributed by atoms with E-state index in [4.69, 9.17) is 9.47 Å². The summed E-state index contributed by atoms with van der Waals surface area (Å²) in [6.45, 7) is 3.19. The van der Waals surface area contributed by atoms with E-state index in [1.165, 1.54) is 0 Å². The van der Waals surface area contributed by atoms with E-state index in [-0.39, 0.29) is 0 Å². The highest BCUT2D eigenvalue weighted by molar-refractivity contribution is 5.31. The maximum atomic E-state index is 5.86. The molecule has 0 atom stereocenters. The van der Waals surface area contributed by atoms with E-state index in [1.54, 1.807) is 7.11 Å². The van der Waals surface area contributed by atoms with Crippen LogP contribution in [0.2, 0.25) is 0 Å². The zero-order valence-corrected chi connectivity index (χ0v) is 12.1. The van der Waals surface area contributed by atoms with Crippen LogP contribution in [0.3, 0.4) is 0 Å². The fraction of sp³-hybridized carbons (Fsp3) is 0.312. The number of hydrogen-bond donors (Lipinski definition) is 1. The Kier molecular flexibility index (Phi) is 4.96. The molecule has 1 heterocycles. The molecule has 0 saturated carbocycles. The second kappa shape index (κ2) is 6.91. The summed E-state index contributed by atoms with van der Waals surface area (Å²) in [4.78, 5) is 4.50. The second-order valence-electron chi connectivity index (χ2n) is 4.56. The van der Waals surface area contributed by atoms with Crippen molar-refractivity contribution in [2.24, 2.45) is 0 Å². The number of aryl methyl sites for hydroxylation is 1. The molecule has 0 amide bonds. The molecule has 106 valence electrons. The van der Waals surface area contributed by atoms with Crippen molar-refractivity contribution in [3.8, 4) is 11.5 Å². The number of nitrogens with one attached hydrogen (secondary N) is 1. The lowest BCUT2D eigenvalue weighted by Gasteiger charge is -2.11. The summed E-state index contributed by atoms with van der Waals surface area (Å²) in [5.74, 6) is 1.67. The highest BCUT2D eigenvalue weighted by Gasteiger charge is 2.05. The minimum Gasteiger partial charge on any atom is -0.497 e. The lowest BCUT2D eigenvalue weighted by Crippen LogP contribution is -2.10. The fourth-order valence-corrected chi connectivity index (χ4v) is 1.91. The lowest BCUT2D eigenvalue weighted by molar-refractivity contribution is 0.300. The van der Waals surface area contributed by atoms with Gasteiger partial charge in [0.05, 0.1) is 12.8 Å². The van der Waals surface area contributed by atoms with Gasteiger partial charge >= 0.3 is 0 Å². The van der Waals surface area contributed by atoms with Crippen molar-refractivity contribution in [2.45, 2.75) is 20.1 Å². The number of ether oxygens (including phenoxy) is 2. The Hall–Kier alpha value is -2.07. The molecule has 0 bridgehead atoms. The van der Waals surface area contributed by atoms with Crippen LogP contribution < -0.4 is 14.8 Å². The van der Waals surface area contributed by atoms with E-state index in [0.717, 1.165) is 28.5 Å². The van der Waals surface area contributed by atoms with Gasteiger partial charge in [0.1, 0.15) is 18.1 Å². The summed E-state index contributed by atoms with van der Waals surface area (Å²) in [6, 6.07) is 11.8. The van der Waals surface area contributed by atoms with E-state index in [1.807, 2.05) is 50.4 Å². The van der Waals surface area contributed by atoms with Crippen molar-refractivity contribution >= 4 is 0 Å². The minimum absolute atomic E-state index is 0.519. The van der Waals surface area contributed by atoms with Crippen molar-refractivity contribution in [3.63, 3.8) is 0 Å². The smallest absolute Gasteiger partial charge is 0.142 e. The summed E-state index contributed by atoms with van der Waals surface area (Å²) in [5.41, 5.74) is 3.02. The van der Waals surface area contributed by atoms with Crippen molar-refractivity contribution < 1.29 is 9.47 Å². The number of pyridine rings is 1. The first kappa shape index (κ1) is 14.3. The zero-order valence-electron chi connectivity index (χ0n) is 12.1. The number of rotatable bonds is 6. The van der Waals surface area contributed by atoms with Gasteiger partial charge in [0, 0.05) is 12.2 Å². The summed E-state index contributed by atoms with van der Waals surface area (Å²) in [5, 5.41) is 3.11. The Morgan fingerprint density at radius 1 is 1.10 bits per heavy atom. The van der Waals surface area contributed by atoms with E-state index in [0.29, 0.717) is 13.2 Å². The van der Waals surface area contributed by atoms with Gasteiger partial charge in [0.15, 0.2) is 0 Å². The third-order valence-electron chi connectivity index (χ3n) is 2.97. The first-order chi connectivity index (χ1) is 9.72. The topological polar surface area (TPSA) is 43.4 Å². The molecular formula is C16H20N2O2. The Labute approximate surface area is 119 Å². The molecule has 4 nitrogen and oxygen atoms in total. The third-order valence-corrected chi connectivity index (χ3v) is 2.97. The molecule has 2 aromatic rings. The Bertz CT molecular complexity index is 553. The molecule has 1 aromatic carbocycles. The van der Waals surface area contributed by atoms with Crippen LogP contribution >= 0.6 is 0 Å². The first-order valence-electron chi connectivity index (χ1n) is 6.60. The standard InChI is InChI=1S/C16H20N2O2/c1-12-4-9-16(15(18-12)10-17-2)20-11-13-5-7-14(19-3)8-6-13/h4-9,17H,10-11H2,1-3H3. The van der Waals surface area contributed by atoms with Gasteiger partial charge in [-0.05, 0) is 43.8 Å². The minimum atomic E-state index is 0.519. The molecule has 1 aromatic heterocycles. The summed E-state index contributed by atoms with van der Waals surface area (Å²) in [6.07, 6.45) is 0. The molecule has 0 saturated heterocycles.